The summed E-state index contributed by atoms with van der Waals surface area (Å²) in [5.74, 6) is -1.33. The van der Waals surface area contributed by atoms with Crippen LogP contribution < -0.4 is 15.2 Å². The highest BCUT2D eigenvalue weighted by Crippen LogP contribution is 2.34. The van der Waals surface area contributed by atoms with Crippen molar-refractivity contribution in [1.82, 2.24) is 0 Å². The Kier molecular flexibility index (Phi) is 4.53. The molecule has 0 fully saturated rings. The average molecular weight is 279 g/mol. The first kappa shape index (κ1) is 14.3. The molecular formula is C15H15F2NO2. The number of benzene rings is 2. The molecule has 2 N–H and O–H groups in total. The molecule has 3 nitrogen and oxygen atoms in total. The van der Waals surface area contributed by atoms with Gasteiger partial charge in [0.15, 0.2) is 28.9 Å². The number of halogens is 2. The lowest BCUT2D eigenvalue weighted by Gasteiger charge is -2.12. The molecular weight excluding hydrogens is 264 g/mol. The number of hydrogen-bond donors (Lipinski definition) is 1. The predicted octanol–water partition coefficient (Wildman–Crippen LogP) is 3.27. The third-order valence-electron chi connectivity index (χ3n) is 2.77. The average Bonchev–Trinajstić information content (AvgIpc) is 2.43. The number of methoxy groups -OCH3 is 1. The van der Waals surface area contributed by atoms with Gasteiger partial charge >= 0.3 is 0 Å². The first-order valence-corrected chi connectivity index (χ1v) is 6.14. The standard InChI is InChI=1S/C15H15F2NO2/c1-19-13-4-2-3-5-14(13)20-15-11(16)8-10(6-7-18)9-12(15)17/h2-5,8-9H,6-7,18H2,1H3. The van der Waals surface area contributed by atoms with Gasteiger partial charge in [-0.1, -0.05) is 12.1 Å². The minimum atomic E-state index is -0.764. The summed E-state index contributed by atoms with van der Waals surface area (Å²) < 4.78 is 38.2. The monoisotopic (exact) mass is 279 g/mol. The van der Waals surface area contributed by atoms with Gasteiger partial charge < -0.3 is 15.2 Å². The maximum atomic E-state index is 13.9. The maximum Gasteiger partial charge on any atom is 0.198 e. The molecule has 0 aliphatic carbocycles. The van der Waals surface area contributed by atoms with E-state index in [2.05, 4.69) is 0 Å². The van der Waals surface area contributed by atoms with Gasteiger partial charge in [-0.25, -0.2) is 8.78 Å². The molecule has 2 aromatic rings. The highest BCUT2D eigenvalue weighted by atomic mass is 19.1. The van der Waals surface area contributed by atoms with E-state index in [1.807, 2.05) is 0 Å². The van der Waals surface area contributed by atoms with E-state index in [9.17, 15) is 8.78 Å². The van der Waals surface area contributed by atoms with Gasteiger partial charge in [-0.2, -0.15) is 0 Å². The maximum absolute atomic E-state index is 13.9. The Hall–Kier alpha value is -2.14. The van der Waals surface area contributed by atoms with E-state index < -0.39 is 17.4 Å². The number of hydrogen-bond acceptors (Lipinski definition) is 3. The van der Waals surface area contributed by atoms with Crippen LogP contribution in [0.25, 0.3) is 0 Å². The van der Waals surface area contributed by atoms with Crippen molar-refractivity contribution >= 4 is 0 Å². The van der Waals surface area contributed by atoms with Crippen LogP contribution in [-0.2, 0) is 6.42 Å². The number of ether oxygens (including phenoxy) is 2. The molecule has 0 spiro atoms. The van der Waals surface area contributed by atoms with Gasteiger partial charge in [0.2, 0.25) is 0 Å². The van der Waals surface area contributed by atoms with Crippen molar-refractivity contribution in [2.24, 2.45) is 5.73 Å². The quantitative estimate of drug-likeness (QED) is 0.913. The second-order valence-electron chi connectivity index (χ2n) is 4.18. The summed E-state index contributed by atoms with van der Waals surface area (Å²) in [4.78, 5) is 0. The van der Waals surface area contributed by atoms with Crippen LogP contribution in [0, 0.1) is 11.6 Å². The summed E-state index contributed by atoms with van der Waals surface area (Å²) in [5.41, 5.74) is 5.86. The van der Waals surface area contributed by atoms with Crippen LogP contribution in [0.5, 0.6) is 17.2 Å². The Morgan fingerprint density at radius 3 is 2.20 bits per heavy atom. The molecule has 20 heavy (non-hydrogen) atoms. The fourth-order valence-electron chi connectivity index (χ4n) is 1.83. The van der Waals surface area contributed by atoms with Gasteiger partial charge in [-0.05, 0) is 42.8 Å². The predicted molar refractivity (Wildman–Crippen MR) is 72.2 cm³/mol. The second kappa shape index (κ2) is 6.34. The van der Waals surface area contributed by atoms with Crippen LogP contribution >= 0.6 is 0 Å². The van der Waals surface area contributed by atoms with Crippen LogP contribution in [0.4, 0.5) is 8.78 Å². The van der Waals surface area contributed by atoms with Crippen LogP contribution in [-0.4, -0.2) is 13.7 Å². The molecule has 0 bridgehead atoms. The number of nitrogens with two attached hydrogens (primary N) is 1. The minimum Gasteiger partial charge on any atom is -0.493 e. The van der Waals surface area contributed by atoms with Crippen molar-refractivity contribution in [2.45, 2.75) is 6.42 Å². The van der Waals surface area contributed by atoms with Gasteiger partial charge in [-0.15, -0.1) is 0 Å². The fraction of sp³-hybridized carbons (Fsp3) is 0.200. The largest absolute Gasteiger partial charge is 0.493 e. The van der Waals surface area contributed by atoms with Crippen molar-refractivity contribution in [3.8, 4) is 17.2 Å². The number of para-hydroxylation sites is 2. The Morgan fingerprint density at radius 1 is 1.05 bits per heavy atom. The first-order chi connectivity index (χ1) is 9.65. The molecule has 0 saturated heterocycles. The van der Waals surface area contributed by atoms with Gasteiger partial charge in [0.25, 0.3) is 0 Å². The Morgan fingerprint density at radius 2 is 1.65 bits per heavy atom. The van der Waals surface area contributed by atoms with Crippen LogP contribution in [0.3, 0.4) is 0 Å². The lowest BCUT2D eigenvalue weighted by Crippen LogP contribution is -2.04. The third-order valence-corrected chi connectivity index (χ3v) is 2.77. The minimum absolute atomic E-state index is 0.249. The van der Waals surface area contributed by atoms with E-state index in [1.165, 1.54) is 19.2 Å². The zero-order chi connectivity index (χ0) is 14.5. The van der Waals surface area contributed by atoms with Crippen LogP contribution in [0.15, 0.2) is 36.4 Å². The van der Waals surface area contributed by atoms with E-state index in [0.717, 1.165) is 0 Å². The summed E-state index contributed by atoms with van der Waals surface area (Å²) in [5, 5.41) is 0. The normalized spacial score (nSPS) is 10.4. The highest BCUT2D eigenvalue weighted by Gasteiger charge is 2.15. The van der Waals surface area contributed by atoms with E-state index in [1.54, 1.807) is 24.3 Å². The molecule has 106 valence electrons. The van der Waals surface area contributed by atoms with E-state index in [0.29, 0.717) is 24.3 Å². The molecule has 2 rings (SSSR count). The molecule has 0 atom stereocenters. The molecule has 0 radical (unpaired) electrons. The molecule has 0 heterocycles. The molecule has 5 heteroatoms. The smallest absolute Gasteiger partial charge is 0.198 e. The van der Waals surface area contributed by atoms with Gasteiger partial charge in [0.1, 0.15) is 0 Å². The van der Waals surface area contributed by atoms with E-state index in [-0.39, 0.29) is 5.75 Å². The number of rotatable bonds is 5. The van der Waals surface area contributed by atoms with E-state index >= 15 is 0 Å². The van der Waals surface area contributed by atoms with Crippen LogP contribution in [0.2, 0.25) is 0 Å². The summed E-state index contributed by atoms with van der Waals surface area (Å²) >= 11 is 0. The van der Waals surface area contributed by atoms with Gasteiger partial charge in [0, 0.05) is 0 Å². The van der Waals surface area contributed by atoms with Crippen molar-refractivity contribution in [3.05, 3.63) is 53.6 Å². The molecule has 0 aromatic heterocycles. The SMILES string of the molecule is COc1ccccc1Oc1c(F)cc(CCN)cc1F. The van der Waals surface area contributed by atoms with Crippen molar-refractivity contribution < 1.29 is 18.3 Å². The Balaban J connectivity index is 2.34. The van der Waals surface area contributed by atoms with E-state index in [4.69, 9.17) is 15.2 Å². The van der Waals surface area contributed by atoms with Gasteiger partial charge in [-0.3, -0.25) is 0 Å². The van der Waals surface area contributed by atoms with Crippen LogP contribution in [0.1, 0.15) is 5.56 Å². The second-order valence-corrected chi connectivity index (χ2v) is 4.18. The molecule has 0 unspecified atom stereocenters. The molecule has 0 aliphatic heterocycles. The van der Waals surface area contributed by atoms with Crippen molar-refractivity contribution in [2.75, 3.05) is 13.7 Å². The molecule has 0 aliphatic rings. The van der Waals surface area contributed by atoms with Gasteiger partial charge in [0.05, 0.1) is 7.11 Å². The summed E-state index contributed by atoms with van der Waals surface area (Å²) in [6, 6.07) is 9.10. The zero-order valence-corrected chi connectivity index (χ0v) is 11.0. The zero-order valence-electron chi connectivity index (χ0n) is 11.0. The molecule has 0 amide bonds. The molecule has 0 saturated carbocycles. The Labute approximate surface area is 115 Å². The van der Waals surface area contributed by atoms with Crippen molar-refractivity contribution in [1.29, 1.82) is 0 Å². The first-order valence-electron chi connectivity index (χ1n) is 6.14. The molecule has 2 aromatic carbocycles. The summed E-state index contributed by atoms with van der Waals surface area (Å²) in [7, 11) is 1.46. The lowest BCUT2D eigenvalue weighted by molar-refractivity contribution is 0.359. The lowest BCUT2D eigenvalue weighted by atomic mass is 10.1. The topological polar surface area (TPSA) is 44.5 Å². The third kappa shape index (κ3) is 3.05. The van der Waals surface area contributed by atoms with Crippen molar-refractivity contribution in [3.63, 3.8) is 0 Å². The Bertz CT molecular complexity index is 579. The summed E-state index contributed by atoms with van der Waals surface area (Å²) in [6.07, 6.45) is 0.406. The summed E-state index contributed by atoms with van der Waals surface area (Å²) in [6.45, 7) is 0.325. The fourth-order valence-corrected chi connectivity index (χ4v) is 1.83. The highest BCUT2D eigenvalue weighted by molar-refractivity contribution is 5.43.